The van der Waals surface area contributed by atoms with Gasteiger partial charge in [0.1, 0.15) is 0 Å². The van der Waals surface area contributed by atoms with E-state index in [1.165, 1.54) is 90.3 Å². The molecule has 1 saturated carbocycles. The summed E-state index contributed by atoms with van der Waals surface area (Å²) in [4.78, 5) is 2.79. The van der Waals surface area contributed by atoms with E-state index in [-0.39, 0.29) is 0 Å². The van der Waals surface area contributed by atoms with Crippen LogP contribution in [0, 0.1) is 0 Å². The average Bonchev–Trinajstić information content (AvgIpc) is 2.91. The van der Waals surface area contributed by atoms with Crippen LogP contribution in [0.4, 0.5) is 0 Å². The van der Waals surface area contributed by atoms with Crippen molar-refractivity contribution >= 4 is 0 Å². The molecule has 0 radical (unpaired) electrons. The van der Waals surface area contributed by atoms with E-state index in [0.29, 0.717) is 11.1 Å². The largest absolute Gasteiger partial charge is 0.308 e. The van der Waals surface area contributed by atoms with E-state index in [0.717, 1.165) is 0 Å². The number of hydrogen-bond donors (Lipinski definition) is 1. The lowest BCUT2D eigenvalue weighted by molar-refractivity contribution is 0.0270. The summed E-state index contributed by atoms with van der Waals surface area (Å²) in [6.07, 6.45) is 15.6. The summed E-state index contributed by atoms with van der Waals surface area (Å²) in [5.41, 5.74) is 0.812. The SMILES string of the molecule is CCCCCCCCCN1CC2(CCCC2)NCC1(C)C. The zero-order chi connectivity index (χ0) is 15.2. The summed E-state index contributed by atoms with van der Waals surface area (Å²) >= 11 is 0. The van der Waals surface area contributed by atoms with Crippen LogP contribution in [0.5, 0.6) is 0 Å². The summed E-state index contributed by atoms with van der Waals surface area (Å²) < 4.78 is 0. The minimum Gasteiger partial charge on any atom is -0.308 e. The molecule has 1 spiro atoms. The molecule has 2 aliphatic rings. The molecule has 0 aromatic heterocycles. The lowest BCUT2D eigenvalue weighted by Gasteiger charge is -2.51. The lowest BCUT2D eigenvalue weighted by atomic mass is 9.87. The van der Waals surface area contributed by atoms with Crippen LogP contribution in [-0.4, -0.2) is 35.6 Å². The predicted octanol–water partition coefficient (Wildman–Crippen LogP) is 4.73. The number of rotatable bonds is 8. The number of nitrogens with one attached hydrogen (secondary N) is 1. The Hall–Kier alpha value is -0.0800. The van der Waals surface area contributed by atoms with Crippen molar-refractivity contribution in [3.63, 3.8) is 0 Å². The molecule has 0 bridgehead atoms. The third-order valence-corrected chi connectivity index (χ3v) is 5.84. The van der Waals surface area contributed by atoms with Crippen molar-refractivity contribution in [2.75, 3.05) is 19.6 Å². The van der Waals surface area contributed by atoms with Crippen LogP contribution in [0.2, 0.25) is 0 Å². The van der Waals surface area contributed by atoms with Gasteiger partial charge in [0.2, 0.25) is 0 Å². The topological polar surface area (TPSA) is 15.3 Å². The average molecular weight is 295 g/mol. The molecule has 0 atom stereocenters. The monoisotopic (exact) mass is 294 g/mol. The Labute approximate surface area is 133 Å². The van der Waals surface area contributed by atoms with Gasteiger partial charge in [0.25, 0.3) is 0 Å². The van der Waals surface area contributed by atoms with Gasteiger partial charge >= 0.3 is 0 Å². The van der Waals surface area contributed by atoms with Gasteiger partial charge in [-0.1, -0.05) is 58.3 Å². The van der Waals surface area contributed by atoms with E-state index < -0.39 is 0 Å². The van der Waals surface area contributed by atoms with Crippen molar-refractivity contribution in [1.82, 2.24) is 10.2 Å². The van der Waals surface area contributed by atoms with Gasteiger partial charge in [-0.3, -0.25) is 4.90 Å². The first-order chi connectivity index (χ1) is 10.1. The van der Waals surface area contributed by atoms with Gasteiger partial charge in [-0.05, 0) is 39.7 Å². The van der Waals surface area contributed by atoms with Gasteiger partial charge < -0.3 is 5.32 Å². The fourth-order valence-corrected chi connectivity index (χ4v) is 4.18. The van der Waals surface area contributed by atoms with Gasteiger partial charge in [-0.25, -0.2) is 0 Å². The first-order valence-electron chi connectivity index (χ1n) is 9.58. The highest BCUT2D eigenvalue weighted by atomic mass is 15.3. The van der Waals surface area contributed by atoms with Crippen LogP contribution in [0.25, 0.3) is 0 Å². The van der Waals surface area contributed by atoms with Crippen LogP contribution < -0.4 is 5.32 Å². The highest BCUT2D eigenvalue weighted by Gasteiger charge is 2.43. The summed E-state index contributed by atoms with van der Waals surface area (Å²) in [6, 6.07) is 0. The standard InChI is InChI=1S/C19H38N2/c1-4-5-6-7-8-9-12-15-21-17-19(13-10-11-14-19)20-16-18(21,2)3/h20H,4-17H2,1-3H3. The lowest BCUT2D eigenvalue weighted by Crippen LogP contribution is -2.67. The van der Waals surface area contributed by atoms with E-state index in [4.69, 9.17) is 0 Å². The van der Waals surface area contributed by atoms with Crippen molar-refractivity contribution in [1.29, 1.82) is 0 Å². The van der Waals surface area contributed by atoms with Crippen LogP contribution >= 0.6 is 0 Å². The zero-order valence-corrected chi connectivity index (χ0v) is 14.8. The fourth-order valence-electron chi connectivity index (χ4n) is 4.18. The second kappa shape index (κ2) is 7.97. The van der Waals surface area contributed by atoms with E-state index in [1.807, 2.05) is 0 Å². The van der Waals surface area contributed by atoms with Gasteiger partial charge in [-0.2, -0.15) is 0 Å². The molecule has 1 heterocycles. The third-order valence-electron chi connectivity index (χ3n) is 5.84. The normalized spacial score (nSPS) is 24.7. The molecule has 1 aliphatic carbocycles. The minimum atomic E-state index is 0.343. The van der Waals surface area contributed by atoms with Crippen LogP contribution in [0.3, 0.4) is 0 Å². The third kappa shape index (κ3) is 4.96. The molecule has 21 heavy (non-hydrogen) atoms. The molecule has 0 unspecified atom stereocenters. The maximum atomic E-state index is 3.90. The number of unbranched alkanes of at least 4 members (excludes halogenated alkanes) is 6. The molecule has 0 aromatic rings. The molecule has 0 aromatic carbocycles. The molecule has 2 rings (SSSR count). The second-order valence-corrected chi connectivity index (χ2v) is 8.20. The molecular weight excluding hydrogens is 256 g/mol. The maximum absolute atomic E-state index is 3.90. The highest BCUT2D eigenvalue weighted by molar-refractivity contribution is 5.03. The summed E-state index contributed by atoms with van der Waals surface area (Å²) in [5.74, 6) is 0. The second-order valence-electron chi connectivity index (χ2n) is 8.20. The van der Waals surface area contributed by atoms with Gasteiger partial charge in [-0.15, -0.1) is 0 Å². The fraction of sp³-hybridized carbons (Fsp3) is 1.00. The molecule has 0 amide bonds. The van der Waals surface area contributed by atoms with E-state index in [2.05, 4.69) is 31.0 Å². The quantitative estimate of drug-likeness (QED) is 0.651. The van der Waals surface area contributed by atoms with Crippen molar-refractivity contribution in [3.05, 3.63) is 0 Å². The smallest absolute Gasteiger partial charge is 0.0309 e. The molecule has 1 N–H and O–H groups in total. The van der Waals surface area contributed by atoms with E-state index in [1.54, 1.807) is 0 Å². The Morgan fingerprint density at radius 1 is 0.905 bits per heavy atom. The molecule has 2 heteroatoms. The molecular formula is C19H38N2. The van der Waals surface area contributed by atoms with Crippen LogP contribution in [-0.2, 0) is 0 Å². The van der Waals surface area contributed by atoms with Crippen molar-refractivity contribution < 1.29 is 0 Å². The molecule has 124 valence electrons. The van der Waals surface area contributed by atoms with Gasteiger partial charge in [0, 0.05) is 24.2 Å². The molecule has 1 aliphatic heterocycles. The van der Waals surface area contributed by atoms with Crippen molar-refractivity contribution in [3.8, 4) is 0 Å². The maximum Gasteiger partial charge on any atom is 0.0309 e. The molecule has 1 saturated heterocycles. The summed E-state index contributed by atoms with van der Waals surface area (Å²) in [7, 11) is 0. The Bertz CT molecular complexity index is 292. The first kappa shape index (κ1) is 17.3. The van der Waals surface area contributed by atoms with E-state index >= 15 is 0 Å². The van der Waals surface area contributed by atoms with Crippen molar-refractivity contribution in [2.24, 2.45) is 0 Å². The number of hydrogen-bond acceptors (Lipinski definition) is 2. The van der Waals surface area contributed by atoms with Gasteiger partial charge in [0.05, 0.1) is 0 Å². The Balaban J connectivity index is 1.69. The van der Waals surface area contributed by atoms with Gasteiger partial charge in [0.15, 0.2) is 0 Å². The molecule has 2 fully saturated rings. The Morgan fingerprint density at radius 3 is 2.19 bits per heavy atom. The van der Waals surface area contributed by atoms with E-state index in [9.17, 15) is 0 Å². The number of piperazine rings is 1. The summed E-state index contributed by atoms with van der Waals surface area (Å²) in [5, 5.41) is 3.90. The van der Waals surface area contributed by atoms with Crippen LogP contribution in [0.1, 0.15) is 91.4 Å². The van der Waals surface area contributed by atoms with Crippen molar-refractivity contribution in [2.45, 2.75) is 102 Å². The predicted molar refractivity (Wildman–Crippen MR) is 92.8 cm³/mol. The summed E-state index contributed by atoms with van der Waals surface area (Å²) in [6.45, 7) is 10.9. The van der Waals surface area contributed by atoms with Crippen LogP contribution in [0.15, 0.2) is 0 Å². The highest BCUT2D eigenvalue weighted by Crippen LogP contribution is 2.35. The Morgan fingerprint density at radius 2 is 1.52 bits per heavy atom. The minimum absolute atomic E-state index is 0.343. The first-order valence-corrected chi connectivity index (χ1v) is 9.58. The zero-order valence-electron chi connectivity index (χ0n) is 14.8. The molecule has 2 nitrogen and oxygen atoms in total. The number of nitrogens with zero attached hydrogens (tertiary/aromatic N) is 1. The Kier molecular flexibility index (Phi) is 6.55.